The Bertz CT molecular complexity index is 647. The summed E-state index contributed by atoms with van der Waals surface area (Å²) < 4.78 is 0. The van der Waals surface area contributed by atoms with Gasteiger partial charge >= 0.3 is 0 Å². The van der Waals surface area contributed by atoms with E-state index >= 15 is 0 Å². The number of nitrogens with zero attached hydrogens (tertiary/aromatic N) is 3. The number of hydrogen-bond acceptors (Lipinski definition) is 4. The maximum absolute atomic E-state index is 12.3. The maximum atomic E-state index is 12.3. The number of carbonyl (C=O) groups excluding carboxylic acids is 1. The van der Waals surface area contributed by atoms with Crippen LogP contribution < -0.4 is 10.2 Å². The van der Waals surface area contributed by atoms with Crippen LogP contribution in [0.25, 0.3) is 0 Å². The largest absolute Gasteiger partial charge is 0.369 e. The topological polar surface area (TPSA) is 59.4 Å². The van der Waals surface area contributed by atoms with Gasteiger partial charge in [0.1, 0.15) is 5.54 Å². The third kappa shape index (κ3) is 4.00. The van der Waals surface area contributed by atoms with Gasteiger partial charge in [-0.3, -0.25) is 9.69 Å². The molecule has 1 saturated carbocycles. The highest BCUT2D eigenvalue weighted by molar-refractivity contribution is 6.30. The summed E-state index contributed by atoms with van der Waals surface area (Å²) in [7, 11) is 0. The van der Waals surface area contributed by atoms with E-state index in [1.807, 2.05) is 25.1 Å². The van der Waals surface area contributed by atoms with Crippen LogP contribution in [-0.4, -0.2) is 49.1 Å². The number of anilines is 1. The first-order chi connectivity index (χ1) is 11.5. The van der Waals surface area contributed by atoms with Crippen LogP contribution in [0.4, 0.5) is 5.69 Å². The lowest BCUT2D eigenvalue weighted by Crippen LogP contribution is -2.53. The van der Waals surface area contributed by atoms with E-state index in [1.165, 1.54) is 0 Å². The molecule has 1 aromatic carbocycles. The highest BCUT2D eigenvalue weighted by Gasteiger charge is 2.43. The second-order valence-corrected chi connectivity index (χ2v) is 7.32. The van der Waals surface area contributed by atoms with Crippen LogP contribution in [0.15, 0.2) is 24.3 Å². The zero-order valence-electron chi connectivity index (χ0n) is 14.0. The average molecular weight is 347 g/mol. The molecule has 1 aliphatic carbocycles. The second-order valence-electron chi connectivity index (χ2n) is 6.88. The fourth-order valence-corrected chi connectivity index (χ4v) is 3.44. The molecule has 6 heteroatoms. The van der Waals surface area contributed by atoms with Gasteiger partial charge in [0.15, 0.2) is 0 Å². The van der Waals surface area contributed by atoms with Crippen molar-refractivity contribution in [3.63, 3.8) is 0 Å². The average Bonchev–Trinajstić information content (AvgIpc) is 3.41. The van der Waals surface area contributed by atoms with Crippen molar-refractivity contribution < 1.29 is 4.79 Å². The molecule has 3 rings (SSSR count). The monoisotopic (exact) mass is 346 g/mol. The van der Waals surface area contributed by atoms with Crippen molar-refractivity contribution in [2.45, 2.75) is 25.3 Å². The standard InChI is InChI=1S/C18H23ClN4O/c1-18(13-20,14-5-6-14)21-17(24)12-22-7-9-23(10-8-22)16-4-2-3-15(19)11-16/h2-4,11,14H,5-10,12H2,1H3,(H,21,24). The van der Waals surface area contributed by atoms with Crippen molar-refractivity contribution in [2.75, 3.05) is 37.6 Å². The van der Waals surface area contributed by atoms with E-state index in [9.17, 15) is 10.1 Å². The molecule has 0 spiro atoms. The van der Waals surface area contributed by atoms with Crippen molar-refractivity contribution in [1.82, 2.24) is 10.2 Å². The smallest absolute Gasteiger partial charge is 0.235 e. The van der Waals surface area contributed by atoms with Crippen molar-refractivity contribution in [2.24, 2.45) is 5.92 Å². The predicted octanol–water partition coefficient (Wildman–Crippen LogP) is 2.27. The summed E-state index contributed by atoms with van der Waals surface area (Å²) in [5, 5.41) is 13.0. The van der Waals surface area contributed by atoms with Gasteiger partial charge in [-0.15, -0.1) is 0 Å². The number of amides is 1. The third-order valence-corrected chi connectivity index (χ3v) is 5.17. The number of piperazine rings is 1. The molecule has 1 atom stereocenters. The molecule has 0 radical (unpaired) electrons. The van der Waals surface area contributed by atoms with Gasteiger partial charge in [-0.05, 0) is 43.9 Å². The minimum absolute atomic E-state index is 0.0536. The number of hydrogen-bond donors (Lipinski definition) is 1. The molecule has 128 valence electrons. The molecule has 0 aromatic heterocycles. The zero-order chi connectivity index (χ0) is 17.2. The van der Waals surface area contributed by atoms with Crippen LogP contribution in [-0.2, 0) is 4.79 Å². The van der Waals surface area contributed by atoms with E-state index < -0.39 is 5.54 Å². The fraction of sp³-hybridized carbons (Fsp3) is 0.556. The Morgan fingerprint density at radius 3 is 2.67 bits per heavy atom. The Morgan fingerprint density at radius 1 is 1.38 bits per heavy atom. The summed E-state index contributed by atoms with van der Waals surface area (Å²) in [5.74, 6) is 0.258. The van der Waals surface area contributed by atoms with E-state index in [0.29, 0.717) is 12.5 Å². The van der Waals surface area contributed by atoms with Crippen LogP contribution in [0, 0.1) is 17.2 Å². The summed E-state index contributed by atoms with van der Waals surface area (Å²) >= 11 is 6.05. The Morgan fingerprint density at radius 2 is 2.08 bits per heavy atom. The molecule has 1 unspecified atom stereocenters. The number of carbonyl (C=O) groups is 1. The lowest BCUT2D eigenvalue weighted by Gasteiger charge is -2.36. The molecule has 1 aromatic rings. The number of halogens is 1. The normalized spacial score (nSPS) is 21.0. The Labute approximate surface area is 148 Å². The van der Waals surface area contributed by atoms with Crippen molar-refractivity contribution in [1.29, 1.82) is 5.26 Å². The van der Waals surface area contributed by atoms with Gasteiger partial charge in [-0.2, -0.15) is 5.26 Å². The van der Waals surface area contributed by atoms with Crippen LogP contribution in [0.5, 0.6) is 0 Å². The van der Waals surface area contributed by atoms with Gasteiger partial charge in [0.05, 0.1) is 12.6 Å². The molecule has 5 nitrogen and oxygen atoms in total. The molecule has 1 amide bonds. The van der Waals surface area contributed by atoms with E-state index in [2.05, 4.69) is 27.3 Å². The van der Waals surface area contributed by atoms with E-state index in [4.69, 9.17) is 11.6 Å². The van der Waals surface area contributed by atoms with Gasteiger partial charge in [0.25, 0.3) is 0 Å². The third-order valence-electron chi connectivity index (χ3n) is 4.94. The van der Waals surface area contributed by atoms with Crippen molar-refractivity contribution in [3.05, 3.63) is 29.3 Å². The van der Waals surface area contributed by atoms with Crippen molar-refractivity contribution >= 4 is 23.2 Å². The highest BCUT2D eigenvalue weighted by Crippen LogP contribution is 2.39. The molecule has 1 heterocycles. The first-order valence-corrected chi connectivity index (χ1v) is 8.83. The molecule has 1 aliphatic heterocycles. The van der Waals surface area contributed by atoms with Crippen LogP contribution in [0.1, 0.15) is 19.8 Å². The lowest BCUT2D eigenvalue weighted by molar-refractivity contribution is -0.123. The zero-order valence-corrected chi connectivity index (χ0v) is 14.7. The fourth-order valence-electron chi connectivity index (χ4n) is 3.25. The summed E-state index contributed by atoms with van der Waals surface area (Å²) in [5.41, 5.74) is 0.414. The van der Waals surface area contributed by atoms with Gasteiger partial charge in [-0.1, -0.05) is 17.7 Å². The first kappa shape index (κ1) is 17.1. The molecule has 2 fully saturated rings. The summed E-state index contributed by atoms with van der Waals surface area (Å²) in [6.45, 7) is 5.57. The van der Waals surface area contributed by atoms with Gasteiger partial charge in [-0.25, -0.2) is 0 Å². The summed E-state index contributed by atoms with van der Waals surface area (Å²) in [6.07, 6.45) is 2.06. The van der Waals surface area contributed by atoms with Gasteiger partial charge in [0, 0.05) is 36.9 Å². The maximum Gasteiger partial charge on any atom is 0.235 e. The lowest BCUT2D eigenvalue weighted by atomic mass is 9.98. The SMILES string of the molecule is CC(C#N)(NC(=O)CN1CCN(c2cccc(Cl)c2)CC1)C1CC1. The van der Waals surface area contributed by atoms with Crippen LogP contribution >= 0.6 is 11.6 Å². The summed E-state index contributed by atoms with van der Waals surface area (Å²) in [4.78, 5) is 16.7. The minimum atomic E-state index is -0.709. The number of rotatable bonds is 5. The molecule has 1 saturated heterocycles. The number of nitriles is 1. The molecule has 2 aliphatic rings. The molecular formula is C18H23ClN4O. The summed E-state index contributed by atoms with van der Waals surface area (Å²) in [6, 6.07) is 10.1. The first-order valence-electron chi connectivity index (χ1n) is 8.45. The van der Waals surface area contributed by atoms with E-state index in [-0.39, 0.29) is 5.91 Å². The van der Waals surface area contributed by atoms with Crippen molar-refractivity contribution in [3.8, 4) is 6.07 Å². The Hall–Kier alpha value is -1.77. The second kappa shape index (κ2) is 7.00. The van der Waals surface area contributed by atoms with Gasteiger partial charge in [0.2, 0.25) is 5.91 Å². The van der Waals surface area contributed by atoms with Crippen LogP contribution in [0.2, 0.25) is 5.02 Å². The molecule has 1 N–H and O–H groups in total. The Kier molecular flexibility index (Phi) is 4.98. The Balaban J connectivity index is 1.48. The number of benzene rings is 1. The molecular weight excluding hydrogens is 324 g/mol. The molecule has 24 heavy (non-hydrogen) atoms. The minimum Gasteiger partial charge on any atom is -0.369 e. The highest BCUT2D eigenvalue weighted by atomic mass is 35.5. The van der Waals surface area contributed by atoms with E-state index in [1.54, 1.807) is 0 Å². The quantitative estimate of drug-likeness (QED) is 0.888. The van der Waals surface area contributed by atoms with Crippen LogP contribution in [0.3, 0.4) is 0 Å². The van der Waals surface area contributed by atoms with E-state index in [0.717, 1.165) is 49.7 Å². The predicted molar refractivity (Wildman–Crippen MR) is 95.0 cm³/mol. The number of nitrogens with one attached hydrogen (secondary N) is 1. The molecule has 0 bridgehead atoms. The van der Waals surface area contributed by atoms with Gasteiger partial charge < -0.3 is 10.2 Å².